The van der Waals surface area contributed by atoms with Crippen molar-refractivity contribution in [1.29, 1.82) is 0 Å². The predicted molar refractivity (Wildman–Crippen MR) is 123 cm³/mol. The van der Waals surface area contributed by atoms with E-state index in [-0.39, 0.29) is 17.6 Å². The number of rotatable bonds is 5. The number of para-hydroxylation sites is 2. The molecule has 5 rings (SSSR count). The Kier molecular flexibility index (Phi) is 5.54. The number of benzene rings is 2. The lowest BCUT2D eigenvalue weighted by molar-refractivity contribution is -0.120. The van der Waals surface area contributed by atoms with Gasteiger partial charge in [-0.1, -0.05) is 24.3 Å². The zero-order valence-corrected chi connectivity index (χ0v) is 17.6. The summed E-state index contributed by atoms with van der Waals surface area (Å²) in [4.78, 5) is 23.8. The van der Waals surface area contributed by atoms with Gasteiger partial charge in [0.25, 0.3) is 0 Å². The second-order valence-corrected chi connectivity index (χ2v) is 8.11. The number of pyridine rings is 1. The number of imidazole rings is 1. The molecule has 1 N–H and O–H groups in total. The summed E-state index contributed by atoms with van der Waals surface area (Å²) in [6, 6.07) is 18.3. The zero-order valence-electron chi connectivity index (χ0n) is 17.6. The van der Waals surface area contributed by atoms with Gasteiger partial charge in [0, 0.05) is 25.2 Å². The molecule has 0 atom stereocenters. The van der Waals surface area contributed by atoms with Crippen molar-refractivity contribution in [2.45, 2.75) is 19.4 Å². The number of anilines is 2. The van der Waals surface area contributed by atoms with Crippen LogP contribution in [-0.2, 0) is 11.3 Å². The molecule has 0 bridgehead atoms. The molecule has 0 aliphatic carbocycles. The lowest BCUT2D eigenvalue weighted by atomic mass is 9.96. The molecule has 2 aromatic heterocycles. The van der Waals surface area contributed by atoms with Crippen LogP contribution < -0.4 is 10.2 Å². The van der Waals surface area contributed by atoms with E-state index in [1.807, 2.05) is 36.4 Å². The fraction of sp³-hybridized carbons (Fsp3) is 0.240. The first-order chi connectivity index (χ1) is 15.7. The highest BCUT2D eigenvalue weighted by Gasteiger charge is 2.28. The van der Waals surface area contributed by atoms with Crippen LogP contribution >= 0.6 is 0 Å². The molecule has 2 aromatic carbocycles. The molecule has 1 amide bonds. The summed E-state index contributed by atoms with van der Waals surface area (Å²) in [5, 5.41) is 2.96. The van der Waals surface area contributed by atoms with Gasteiger partial charge in [0.1, 0.15) is 5.82 Å². The summed E-state index contributed by atoms with van der Waals surface area (Å²) >= 11 is 0. The molecular weight excluding hydrogens is 405 g/mol. The van der Waals surface area contributed by atoms with E-state index in [4.69, 9.17) is 4.98 Å². The maximum absolute atomic E-state index is 13.8. The summed E-state index contributed by atoms with van der Waals surface area (Å²) in [6.07, 6.45) is 4.83. The van der Waals surface area contributed by atoms with Crippen molar-refractivity contribution in [2.24, 2.45) is 5.92 Å². The first kappa shape index (κ1) is 20.2. The largest absolute Gasteiger partial charge is 0.342 e. The molecule has 0 radical (unpaired) electrons. The number of hydrogen-bond donors (Lipinski definition) is 1. The minimum absolute atomic E-state index is 0.0333. The highest BCUT2D eigenvalue weighted by atomic mass is 19.1. The van der Waals surface area contributed by atoms with Gasteiger partial charge in [-0.05, 0) is 54.8 Å². The van der Waals surface area contributed by atoms with Gasteiger partial charge in [0.15, 0.2) is 0 Å². The first-order valence-corrected chi connectivity index (χ1v) is 10.8. The van der Waals surface area contributed by atoms with Gasteiger partial charge < -0.3 is 14.8 Å². The average molecular weight is 429 g/mol. The van der Waals surface area contributed by atoms with E-state index in [1.54, 1.807) is 30.6 Å². The summed E-state index contributed by atoms with van der Waals surface area (Å²) in [5.74, 6) is 0.605. The van der Waals surface area contributed by atoms with Crippen molar-refractivity contribution in [3.8, 4) is 0 Å². The first-order valence-electron chi connectivity index (χ1n) is 10.8. The van der Waals surface area contributed by atoms with Crippen LogP contribution in [0, 0.1) is 11.7 Å². The monoisotopic (exact) mass is 429 g/mol. The number of carbonyl (C=O) groups is 1. The highest BCUT2D eigenvalue weighted by Crippen LogP contribution is 2.28. The third kappa shape index (κ3) is 4.19. The van der Waals surface area contributed by atoms with Crippen molar-refractivity contribution < 1.29 is 9.18 Å². The number of aromatic nitrogens is 3. The number of halogens is 1. The van der Waals surface area contributed by atoms with Crippen LogP contribution in [0.1, 0.15) is 18.4 Å². The van der Waals surface area contributed by atoms with Crippen molar-refractivity contribution in [1.82, 2.24) is 14.5 Å². The van der Waals surface area contributed by atoms with Crippen LogP contribution in [0.4, 0.5) is 16.0 Å². The fourth-order valence-electron chi connectivity index (χ4n) is 4.30. The molecule has 1 fully saturated rings. The molecule has 3 heterocycles. The Morgan fingerprint density at radius 2 is 1.91 bits per heavy atom. The Labute approximate surface area is 185 Å². The number of nitrogens with zero attached hydrogens (tertiary/aromatic N) is 4. The van der Waals surface area contributed by atoms with Crippen LogP contribution in [0.5, 0.6) is 0 Å². The number of hydrogen-bond acceptors (Lipinski definition) is 4. The SMILES string of the molecule is O=C(Nc1cccnc1)C1CCN(c2nc3ccccc3n2Cc2cccc(F)c2)CC1. The lowest BCUT2D eigenvalue weighted by Crippen LogP contribution is -2.39. The normalized spacial score (nSPS) is 14.6. The molecule has 162 valence electrons. The minimum atomic E-state index is -0.242. The topological polar surface area (TPSA) is 63.1 Å². The van der Waals surface area contributed by atoms with Gasteiger partial charge in [0.05, 0.1) is 29.5 Å². The molecule has 32 heavy (non-hydrogen) atoms. The van der Waals surface area contributed by atoms with Crippen LogP contribution in [0.15, 0.2) is 73.1 Å². The second kappa shape index (κ2) is 8.78. The molecule has 4 aromatic rings. The third-order valence-corrected chi connectivity index (χ3v) is 5.94. The van der Waals surface area contributed by atoms with Gasteiger partial charge in [-0.2, -0.15) is 0 Å². The molecule has 7 heteroatoms. The van der Waals surface area contributed by atoms with Crippen molar-refractivity contribution in [2.75, 3.05) is 23.3 Å². The van der Waals surface area contributed by atoms with E-state index >= 15 is 0 Å². The summed E-state index contributed by atoms with van der Waals surface area (Å²) in [7, 11) is 0. The highest BCUT2D eigenvalue weighted by molar-refractivity contribution is 5.92. The molecule has 1 saturated heterocycles. The van der Waals surface area contributed by atoms with E-state index in [2.05, 4.69) is 19.8 Å². The Morgan fingerprint density at radius 1 is 1.06 bits per heavy atom. The van der Waals surface area contributed by atoms with Crippen LogP contribution in [0.25, 0.3) is 11.0 Å². The van der Waals surface area contributed by atoms with Crippen LogP contribution in [0.2, 0.25) is 0 Å². The van der Waals surface area contributed by atoms with E-state index in [0.717, 1.165) is 54.2 Å². The average Bonchev–Trinajstić information content (AvgIpc) is 3.18. The quantitative estimate of drug-likeness (QED) is 0.508. The van der Waals surface area contributed by atoms with Crippen molar-refractivity contribution in [3.63, 3.8) is 0 Å². The molecule has 6 nitrogen and oxygen atoms in total. The van der Waals surface area contributed by atoms with E-state index in [0.29, 0.717) is 6.54 Å². The number of carbonyl (C=O) groups excluding carboxylic acids is 1. The molecule has 0 saturated carbocycles. The predicted octanol–water partition coefficient (Wildman–Crippen LogP) is 4.47. The van der Waals surface area contributed by atoms with Gasteiger partial charge >= 0.3 is 0 Å². The standard InChI is InChI=1S/C25H24FN5O/c26-20-6-3-5-18(15-20)17-31-23-9-2-1-8-22(23)29-25(31)30-13-10-19(11-14-30)24(32)28-21-7-4-12-27-16-21/h1-9,12,15-16,19H,10-11,13-14,17H2,(H,28,32). The molecule has 1 aliphatic rings. The Bertz CT molecular complexity index is 1230. The number of piperidine rings is 1. The molecular formula is C25H24FN5O. The smallest absolute Gasteiger partial charge is 0.227 e. The Balaban J connectivity index is 1.34. The maximum Gasteiger partial charge on any atom is 0.227 e. The maximum atomic E-state index is 13.8. The van der Waals surface area contributed by atoms with Crippen molar-refractivity contribution >= 4 is 28.6 Å². The number of nitrogens with one attached hydrogen (secondary N) is 1. The van der Waals surface area contributed by atoms with Crippen LogP contribution in [-0.4, -0.2) is 33.5 Å². The summed E-state index contributed by atoms with van der Waals surface area (Å²) < 4.78 is 15.9. The lowest BCUT2D eigenvalue weighted by Gasteiger charge is -2.32. The molecule has 0 spiro atoms. The summed E-state index contributed by atoms with van der Waals surface area (Å²) in [5.41, 5.74) is 3.54. The Hall–Kier alpha value is -3.74. The van der Waals surface area contributed by atoms with Crippen LogP contribution in [0.3, 0.4) is 0 Å². The van der Waals surface area contributed by atoms with E-state index in [1.165, 1.54) is 6.07 Å². The number of fused-ring (bicyclic) bond motifs is 1. The summed E-state index contributed by atoms with van der Waals surface area (Å²) in [6.45, 7) is 2.00. The number of amides is 1. The van der Waals surface area contributed by atoms with Crippen molar-refractivity contribution in [3.05, 3.63) is 84.4 Å². The van der Waals surface area contributed by atoms with Gasteiger partial charge in [-0.15, -0.1) is 0 Å². The van der Waals surface area contributed by atoms with E-state index in [9.17, 15) is 9.18 Å². The van der Waals surface area contributed by atoms with E-state index < -0.39 is 0 Å². The molecule has 1 aliphatic heterocycles. The van der Waals surface area contributed by atoms with Gasteiger partial charge in [-0.25, -0.2) is 9.37 Å². The second-order valence-electron chi connectivity index (χ2n) is 8.11. The zero-order chi connectivity index (χ0) is 21.9. The molecule has 0 unspecified atom stereocenters. The fourth-order valence-corrected chi connectivity index (χ4v) is 4.30. The van der Waals surface area contributed by atoms with Gasteiger partial charge in [0.2, 0.25) is 11.9 Å². The van der Waals surface area contributed by atoms with Gasteiger partial charge in [-0.3, -0.25) is 9.78 Å². The Morgan fingerprint density at radius 3 is 2.69 bits per heavy atom. The minimum Gasteiger partial charge on any atom is -0.342 e. The third-order valence-electron chi connectivity index (χ3n) is 5.94.